The molecule has 0 saturated heterocycles. The van der Waals surface area contributed by atoms with Crippen LogP contribution in [0, 0.1) is 12.7 Å². The Hall–Kier alpha value is 1.24. The van der Waals surface area contributed by atoms with Crippen molar-refractivity contribution >= 4 is 10.1 Å². The van der Waals surface area contributed by atoms with Gasteiger partial charge < -0.3 is 0 Å². The Morgan fingerprint density at radius 2 is 2.25 bits per heavy atom. The molecule has 0 atom stereocenters. The van der Waals surface area contributed by atoms with Crippen LogP contribution in [0.15, 0.2) is 11.6 Å². The maximum absolute atomic E-state index is 12.0. The summed E-state index contributed by atoms with van der Waals surface area (Å²) in [5, 5.41) is 0. The molecule has 0 saturated carbocycles. The minimum atomic E-state index is -0.686. The van der Waals surface area contributed by atoms with Gasteiger partial charge in [0.05, 0.1) is 0 Å². The molecule has 0 unspecified atom stereocenters. The van der Waals surface area contributed by atoms with Crippen LogP contribution in [0.4, 0.5) is 4.39 Å². The third-order valence-corrected chi connectivity index (χ3v) is 1.19. The van der Waals surface area contributed by atoms with Gasteiger partial charge in [0.2, 0.25) is 0 Å². The van der Waals surface area contributed by atoms with Crippen LogP contribution >= 0.6 is 0 Å². The quantitative estimate of drug-likeness (QED) is 0.224. The van der Waals surface area contributed by atoms with E-state index in [0.717, 1.165) is 6.08 Å². The van der Waals surface area contributed by atoms with Crippen molar-refractivity contribution in [2.75, 3.05) is 7.11 Å². The minimum Gasteiger partial charge on any atom is 1.00 e. The predicted octanol–water partition coefficient (Wildman–Crippen LogP) is -2.47. The second-order valence-electron chi connectivity index (χ2n) is 1.51. The average molecular weight is 409 g/mol. The molecule has 0 aliphatic carbocycles. The fraction of sp³-hybridized carbons (Fsp3) is 0.143. The van der Waals surface area contributed by atoms with Crippen molar-refractivity contribution in [3.05, 3.63) is 24.3 Å². The first kappa shape index (κ1) is 15.7. The minimum absolute atomic E-state index is 0. The summed E-state index contributed by atoms with van der Waals surface area (Å²) in [5.74, 6) is -0.686. The number of rotatable bonds is 3. The van der Waals surface area contributed by atoms with E-state index in [4.69, 9.17) is 6.58 Å². The van der Waals surface area contributed by atoms with Gasteiger partial charge in [-0.1, -0.05) is 0 Å². The normalized spacial score (nSPS) is 8.83. The van der Waals surface area contributed by atoms with Gasteiger partial charge >= 0.3 is 133 Å². The smallest absolute Gasteiger partial charge is 1.00 e. The molecule has 0 aromatic carbocycles. The van der Waals surface area contributed by atoms with E-state index >= 15 is 0 Å². The van der Waals surface area contributed by atoms with Crippen molar-refractivity contribution in [2.45, 2.75) is 0 Å². The largest absolute Gasteiger partial charge is 1.00 e. The summed E-state index contributed by atoms with van der Waals surface area (Å²) in [5.41, 5.74) is -0.163. The summed E-state index contributed by atoms with van der Waals surface area (Å²) in [4.78, 5) is 10.5. The Kier molecular flexibility index (Phi) is 11.5. The van der Waals surface area contributed by atoms with Crippen LogP contribution in [-0.2, 0) is 28.9 Å². The van der Waals surface area contributed by atoms with Gasteiger partial charge in [0.1, 0.15) is 0 Å². The van der Waals surface area contributed by atoms with E-state index in [1.165, 1.54) is 7.11 Å². The second-order valence-corrected chi connectivity index (χ2v) is 2.80. The van der Waals surface area contributed by atoms with Crippen LogP contribution in [0.5, 0.6) is 0 Å². The van der Waals surface area contributed by atoms with Crippen molar-refractivity contribution in [1.29, 1.82) is 0 Å². The number of methoxy groups -OCH3 is 1. The number of halogens is 1. The van der Waals surface area contributed by atoms with E-state index in [9.17, 15) is 9.18 Å². The molecule has 0 amide bonds. The first-order chi connectivity index (χ1) is 5.07. The molecule has 0 bridgehead atoms. The number of carbonyl (C=O) groups excluding carboxylic acids is 1. The van der Waals surface area contributed by atoms with Crippen molar-refractivity contribution < 1.29 is 91.5 Å². The Morgan fingerprint density at radius 1 is 1.75 bits per heavy atom. The SMILES string of the molecule is [CH-]=C(C=[C-][C](F)=[W])C(=O)OC.[Rb+]. The van der Waals surface area contributed by atoms with Crippen LogP contribution < -0.4 is 58.2 Å². The summed E-state index contributed by atoms with van der Waals surface area (Å²) >= 11 is 0.633. The third kappa shape index (κ3) is 7.87. The number of hydrogen-bond acceptors (Lipinski definition) is 2. The van der Waals surface area contributed by atoms with Crippen molar-refractivity contribution in [1.82, 2.24) is 0 Å². The molecule has 60 valence electrons. The molecule has 0 aromatic rings. The summed E-state index contributed by atoms with van der Waals surface area (Å²) in [6, 6.07) is 0. The summed E-state index contributed by atoms with van der Waals surface area (Å²) in [6.45, 7) is 5.13. The Morgan fingerprint density at radius 3 is 2.58 bits per heavy atom. The van der Waals surface area contributed by atoms with Gasteiger partial charge in [-0.05, 0) is 0 Å². The van der Waals surface area contributed by atoms with Gasteiger partial charge in [0, 0.05) is 0 Å². The van der Waals surface area contributed by atoms with Crippen LogP contribution in [0.25, 0.3) is 0 Å². The maximum atomic E-state index is 12.0. The monoisotopic (exact) mass is 409 g/mol. The fourth-order valence-corrected chi connectivity index (χ4v) is 0.523. The first-order valence-corrected chi connectivity index (χ1v) is 4.04. The zero-order valence-corrected chi connectivity index (χ0v) is 14.6. The maximum Gasteiger partial charge on any atom is 1.00 e. The van der Waals surface area contributed by atoms with Gasteiger partial charge in [-0.2, -0.15) is 0 Å². The van der Waals surface area contributed by atoms with Crippen LogP contribution in [0.2, 0.25) is 0 Å². The number of allylic oxidation sites excluding steroid dienone is 1. The van der Waals surface area contributed by atoms with Gasteiger partial charge in [0.15, 0.2) is 0 Å². The summed E-state index contributed by atoms with van der Waals surface area (Å²) in [7, 11) is 1.19. The number of carbonyl (C=O) groups is 1. The average Bonchev–Trinajstić information content (AvgIpc) is 1.98. The topological polar surface area (TPSA) is 26.3 Å². The van der Waals surface area contributed by atoms with E-state index < -0.39 is 10.1 Å². The Labute approximate surface area is 130 Å². The molecule has 12 heavy (non-hydrogen) atoms. The van der Waals surface area contributed by atoms with Gasteiger partial charge in [-0.25, -0.2) is 0 Å². The van der Waals surface area contributed by atoms with E-state index in [-0.39, 0.29) is 63.8 Å². The molecule has 0 heterocycles. The molecule has 5 heteroatoms. The van der Waals surface area contributed by atoms with Crippen molar-refractivity contribution in [3.63, 3.8) is 0 Å². The molecular formula is C7H5FO2RbW-. The Bertz CT molecular complexity index is 225. The molecule has 2 nitrogen and oxygen atoms in total. The zero-order valence-electron chi connectivity index (χ0n) is 6.76. The summed E-state index contributed by atoms with van der Waals surface area (Å²) in [6.07, 6.45) is 3.21. The van der Waals surface area contributed by atoms with Crippen molar-refractivity contribution in [3.8, 4) is 0 Å². The van der Waals surface area contributed by atoms with E-state index in [1.54, 1.807) is 0 Å². The molecule has 0 aliphatic heterocycles. The van der Waals surface area contributed by atoms with Crippen molar-refractivity contribution in [2.24, 2.45) is 0 Å². The molecule has 0 aromatic heterocycles. The van der Waals surface area contributed by atoms with Crippen LogP contribution in [0.3, 0.4) is 0 Å². The molecule has 0 fully saturated rings. The van der Waals surface area contributed by atoms with Crippen LogP contribution in [0.1, 0.15) is 0 Å². The van der Waals surface area contributed by atoms with Gasteiger partial charge in [-0.3, -0.25) is 0 Å². The number of ether oxygens (including phenoxy) is 1. The number of hydrogen-bond donors (Lipinski definition) is 0. The van der Waals surface area contributed by atoms with Crippen LogP contribution in [-0.4, -0.2) is 17.2 Å². The molecular weight excluding hydrogens is 404 g/mol. The fourth-order valence-electron chi connectivity index (χ4n) is 0.311. The van der Waals surface area contributed by atoms with Gasteiger partial charge in [0.25, 0.3) is 0 Å². The number of esters is 1. The molecule has 0 rings (SSSR count). The predicted molar refractivity (Wildman–Crippen MR) is 33.8 cm³/mol. The standard InChI is InChI=1S/C7H5FO2.Rb.W/c1-6(4-3-5-8)7(9)10-2;;/h1,4H,2H3;;/q-2;+1;. The zero-order chi connectivity index (χ0) is 8.85. The third-order valence-electron chi connectivity index (χ3n) is 0.762. The van der Waals surface area contributed by atoms with Gasteiger partial charge in [-0.15, -0.1) is 0 Å². The molecule has 0 N–H and O–H groups in total. The second kappa shape index (κ2) is 8.82. The van der Waals surface area contributed by atoms with E-state index in [0.29, 0.717) is 19.4 Å². The van der Waals surface area contributed by atoms with E-state index in [2.05, 4.69) is 10.8 Å². The summed E-state index contributed by atoms with van der Waals surface area (Å²) < 4.78 is 15.8. The Balaban J connectivity index is 0. The molecule has 0 radical (unpaired) electrons. The molecule has 0 spiro atoms. The molecule has 0 aliphatic rings. The van der Waals surface area contributed by atoms with E-state index in [1.807, 2.05) is 0 Å². The first-order valence-electron chi connectivity index (χ1n) is 2.58.